The molecule has 1 aliphatic rings. The molecule has 0 saturated heterocycles. The van der Waals surface area contributed by atoms with Gasteiger partial charge in [0.15, 0.2) is 12.7 Å². The first-order chi connectivity index (χ1) is 10.6. The van der Waals surface area contributed by atoms with Crippen LogP contribution in [0.4, 0.5) is 0 Å². The first kappa shape index (κ1) is 16.1. The van der Waals surface area contributed by atoms with Crippen LogP contribution in [0, 0.1) is 0 Å². The third-order valence-electron chi connectivity index (χ3n) is 3.09. The lowest BCUT2D eigenvalue weighted by Gasteiger charge is -2.13. The fourth-order valence-corrected chi connectivity index (χ4v) is 1.77. The van der Waals surface area contributed by atoms with E-state index in [1.54, 1.807) is 31.2 Å². The Morgan fingerprint density at radius 2 is 1.77 bits per heavy atom. The summed E-state index contributed by atoms with van der Waals surface area (Å²) in [6, 6.07) is 7.18. The molecule has 1 aromatic carbocycles. The third kappa shape index (κ3) is 5.27. The maximum absolute atomic E-state index is 11.7. The summed E-state index contributed by atoms with van der Waals surface area (Å²) in [7, 11) is 0. The molecule has 0 radical (unpaired) electrons. The van der Waals surface area contributed by atoms with E-state index in [0.717, 1.165) is 18.6 Å². The molecule has 6 nitrogen and oxygen atoms in total. The Bertz CT molecular complexity index is 510. The Morgan fingerprint density at radius 1 is 1.18 bits per heavy atom. The number of benzene rings is 1. The zero-order valence-corrected chi connectivity index (χ0v) is 12.8. The second-order valence-electron chi connectivity index (χ2n) is 5.11. The Hall–Kier alpha value is -2.24. The van der Waals surface area contributed by atoms with Crippen molar-refractivity contribution >= 4 is 11.9 Å². The number of ether oxygens (including phenoxy) is 3. The van der Waals surface area contributed by atoms with Gasteiger partial charge < -0.3 is 19.5 Å². The Morgan fingerprint density at radius 3 is 2.32 bits per heavy atom. The van der Waals surface area contributed by atoms with Gasteiger partial charge in [-0.2, -0.15) is 0 Å². The summed E-state index contributed by atoms with van der Waals surface area (Å²) in [6.45, 7) is 3.80. The van der Waals surface area contributed by atoms with Crippen LogP contribution in [0.15, 0.2) is 24.3 Å². The van der Waals surface area contributed by atoms with Gasteiger partial charge in [0, 0.05) is 6.04 Å². The van der Waals surface area contributed by atoms with Crippen molar-refractivity contribution in [2.75, 3.05) is 13.2 Å². The number of rotatable bonds is 8. The van der Waals surface area contributed by atoms with Crippen molar-refractivity contribution in [2.24, 2.45) is 0 Å². The van der Waals surface area contributed by atoms with Gasteiger partial charge in [0.05, 0.1) is 6.61 Å². The van der Waals surface area contributed by atoms with Crippen LogP contribution in [0.5, 0.6) is 11.5 Å². The molecule has 1 aliphatic carbocycles. The number of nitrogens with one attached hydrogen (secondary N) is 1. The second-order valence-corrected chi connectivity index (χ2v) is 5.11. The smallest absolute Gasteiger partial charge is 0.344 e. The number of hydrogen-bond acceptors (Lipinski definition) is 5. The van der Waals surface area contributed by atoms with Crippen molar-refractivity contribution in [1.29, 1.82) is 0 Å². The molecule has 0 aliphatic heterocycles. The number of amides is 1. The molecule has 120 valence electrons. The molecule has 0 spiro atoms. The molecule has 1 saturated carbocycles. The fraction of sp³-hybridized carbons (Fsp3) is 0.500. The number of carbonyl (C=O) groups is 2. The SMILES string of the molecule is CCOc1ccc(OCC(=O)O[C@H](C)C(=O)NC2CC2)cc1. The summed E-state index contributed by atoms with van der Waals surface area (Å²) in [5.74, 6) is 0.433. The van der Waals surface area contributed by atoms with E-state index in [-0.39, 0.29) is 18.6 Å². The Kier molecular flexibility index (Phi) is 5.63. The molecule has 0 unspecified atom stereocenters. The van der Waals surface area contributed by atoms with Crippen molar-refractivity contribution in [3.05, 3.63) is 24.3 Å². The molecule has 1 aromatic rings. The summed E-state index contributed by atoms with van der Waals surface area (Å²) >= 11 is 0. The average molecular weight is 307 g/mol. The van der Waals surface area contributed by atoms with Crippen molar-refractivity contribution in [3.8, 4) is 11.5 Å². The van der Waals surface area contributed by atoms with Crippen LogP contribution in [0.3, 0.4) is 0 Å². The van der Waals surface area contributed by atoms with Crippen LogP contribution in [0.25, 0.3) is 0 Å². The highest BCUT2D eigenvalue weighted by molar-refractivity contribution is 5.84. The first-order valence-electron chi connectivity index (χ1n) is 7.44. The van der Waals surface area contributed by atoms with Crippen LogP contribution in [0.1, 0.15) is 26.7 Å². The highest BCUT2D eigenvalue weighted by Crippen LogP contribution is 2.19. The van der Waals surface area contributed by atoms with Crippen LogP contribution in [0.2, 0.25) is 0 Å². The molecular weight excluding hydrogens is 286 g/mol. The minimum Gasteiger partial charge on any atom is -0.494 e. The van der Waals surface area contributed by atoms with E-state index >= 15 is 0 Å². The van der Waals surface area contributed by atoms with E-state index in [4.69, 9.17) is 14.2 Å². The highest BCUT2D eigenvalue weighted by Gasteiger charge is 2.27. The minimum atomic E-state index is -0.808. The van der Waals surface area contributed by atoms with Gasteiger partial charge in [-0.3, -0.25) is 4.79 Å². The van der Waals surface area contributed by atoms with Crippen LogP contribution in [-0.4, -0.2) is 37.2 Å². The molecule has 1 amide bonds. The van der Waals surface area contributed by atoms with E-state index in [9.17, 15) is 9.59 Å². The van der Waals surface area contributed by atoms with Gasteiger partial charge in [-0.15, -0.1) is 0 Å². The Balaban J connectivity index is 1.70. The Labute approximate surface area is 129 Å². The van der Waals surface area contributed by atoms with Gasteiger partial charge in [-0.1, -0.05) is 0 Å². The summed E-state index contributed by atoms with van der Waals surface area (Å²) in [4.78, 5) is 23.3. The minimum absolute atomic E-state index is 0.241. The molecule has 1 fully saturated rings. The predicted octanol–water partition coefficient (Wildman–Crippen LogP) is 1.67. The van der Waals surface area contributed by atoms with Crippen LogP contribution < -0.4 is 14.8 Å². The first-order valence-corrected chi connectivity index (χ1v) is 7.44. The van der Waals surface area contributed by atoms with Gasteiger partial charge >= 0.3 is 5.97 Å². The van der Waals surface area contributed by atoms with Crippen molar-refractivity contribution in [2.45, 2.75) is 38.8 Å². The highest BCUT2D eigenvalue weighted by atomic mass is 16.6. The maximum Gasteiger partial charge on any atom is 0.344 e. The molecule has 22 heavy (non-hydrogen) atoms. The summed E-state index contributed by atoms with van der Waals surface area (Å²) in [6.07, 6.45) is 1.18. The summed E-state index contributed by atoms with van der Waals surface area (Å²) < 4.78 is 15.6. The molecular formula is C16H21NO5. The van der Waals surface area contributed by atoms with Gasteiger partial charge in [0.25, 0.3) is 5.91 Å². The van der Waals surface area contributed by atoms with E-state index < -0.39 is 12.1 Å². The lowest BCUT2D eigenvalue weighted by atomic mass is 10.3. The maximum atomic E-state index is 11.7. The van der Waals surface area contributed by atoms with Crippen molar-refractivity contribution in [1.82, 2.24) is 5.32 Å². The van der Waals surface area contributed by atoms with Crippen LogP contribution in [-0.2, 0) is 14.3 Å². The lowest BCUT2D eigenvalue weighted by molar-refractivity contribution is -0.156. The molecule has 1 N–H and O–H groups in total. The quantitative estimate of drug-likeness (QED) is 0.740. The fourth-order valence-electron chi connectivity index (χ4n) is 1.77. The monoisotopic (exact) mass is 307 g/mol. The molecule has 0 heterocycles. The standard InChI is InChI=1S/C16H21NO5/c1-3-20-13-6-8-14(9-7-13)21-10-15(18)22-11(2)16(19)17-12-4-5-12/h6-9,11-12H,3-5,10H2,1-2H3,(H,17,19)/t11-/m1/s1. The normalized spacial score (nSPS) is 14.8. The second kappa shape index (κ2) is 7.68. The van der Waals surface area contributed by atoms with E-state index in [1.165, 1.54) is 0 Å². The summed E-state index contributed by atoms with van der Waals surface area (Å²) in [5, 5.41) is 2.78. The average Bonchev–Trinajstić information content (AvgIpc) is 3.30. The molecule has 0 aromatic heterocycles. The number of carbonyl (C=O) groups excluding carboxylic acids is 2. The van der Waals surface area contributed by atoms with Crippen molar-refractivity contribution in [3.63, 3.8) is 0 Å². The van der Waals surface area contributed by atoms with Gasteiger partial charge in [0.2, 0.25) is 0 Å². The topological polar surface area (TPSA) is 73.9 Å². The van der Waals surface area contributed by atoms with E-state index in [1.807, 2.05) is 6.92 Å². The predicted molar refractivity (Wildman–Crippen MR) is 79.8 cm³/mol. The van der Waals surface area contributed by atoms with Gasteiger partial charge in [-0.25, -0.2) is 4.79 Å². The third-order valence-corrected chi connectivity index (χ3v) is 3.09. The molecule has 6 heteroatoms. The molecule has 0 bridgehead atoms. The number of esters is 1. The van der Waals surface area contributed by atoms with Gasteiger partial charge in [0.1, 0.15) is 11.5 Å². The number of hydrogen-bond donors (Lipinski definition) is 1. The lowest BCUT2D eigenvalue weighted by Crippen LogP contribution is -2.37. The van der Waals surface area contributed by atoms with Crippen molar-refractivity contribution < 1.29 is 23.8 Å². The zero-order valence-electron chi connectivity index (χ0n) is 12.8. The molecule has 1 atom stereocenters. The molecule has 2 rings (SSSR count). The van der Waals surface area contributed by atoms with E-state index in [2.05, 4.69) is 5.32 Å². The van der Waals surface area contributed by atoms with Gasteiger partial charge in [-0.05, 0) is 51.0 Å². The summed E-state index contributed by atoms with van der Waals surface area (Å²) in [5.41, 5.74) is 0. The zero-order chi connectivity index (χ0) is 15.9. The van der Waals surface area contributed by atoms with E-state index in [0.29, 0.717) is 12.4 Å². The van der Waals surface area contributed by atoms with Crippen LogP contribution >= 0.6 is 0 Å². The largest absolute Gasteiger partial charge is 0.494 e.